The molecule has 0 spiro atoms. The van der Waals surface area contributed by atoms with Gasteiger partial charge in [0.05, 0.1) is 16.8 Å². The van der Waals surface area contributed by atoms with Crippen molar-refractivity contribution >= 4 is 21.6 Å². The number of benzene rings is 2. The van der Waals surface area contributed by atoms with Crippen molar-refractivity contribution in [2.45, 2.75) is 31.3 Å². The standard InChI is InChI=1S/C21H23FN4O3S/c1-15(2)26(14-16-12-23-25(3)13-16)21(27)17-8-10-18(11-9-17)30(28,29)24-20-7-5-4-6-19(20)22/h4-13,15,24H,14H2,1-3H3. The fourth-order valence-electron chi connectivity index (χ4n) is 2.93. The Kier molecular flexibility index (Phi) is 6.21. The maximum atomic E-state index is 13.8. The third-order valence-corrected chi connectivity index (χ3v) is 5.91. The van der Waals surface area contributed by atoms with Crippen molar-refractivity contribution in [3.63, 3.8) is 0 Å². The predicted molar refractivity (Wildman–Crippen MR) is 112 cm³/mol. The van der Waals surface area contributed by atoms with Crippen LogP contribution >= 0.6 is 0 Å². The number of aryl methyl sites for hydroxylation is 1. The van der Waals surface area contributed by atoms with Gasteiger partial charge >= 0.3 is 0 Å². The minimum Gasteiger partial charge on any atom is -0.332 e. The summed E-state index contributed by atoms with van der Waals surface area (Å²) in [4.78, 5) is 14.6. The van der Waals surface area contributed by atoms with Crippen molar-refractivity contribution in [2.24, 2.45) is 7.05 Å². The van der Waals surface area contributed by atoms with E-state index in [2.05, 4.69) is 9.82 Å². The van der Waals surface area contributed by atoms with E-state index in [0.717, 1.165) is 5.56 Å². The molecule has 1 aromatic heterocycles. The lowest BCUT2D eigenvalue weighted by atomic mass is 10.1. The molecule has 0 radical (unpaired) electrons. The van der Waals surface area contributed by atoms with Gasteiger partial charge in [-0.1, -0.05) is 12.1 Å². The minimum atomic E-state index is -3.99. The molecule has 0 saturated heterocycles. The second kappa shape index (κ2) is 8.66. The normalized spacial score (nSPS) is 11.5. The lowest BCUT2D eigenvalue weighted by molar-refractivity contribution is 0.0690. The van der Waals surface area contributed by atoms with Crippen LogP contribution in [-0.4, -0.2) is 35.0 Å². The van der Waals surface area contributed by atoms with Crippen molar-refractivity contribution < 1.29 is 17.6 Å². The molecular formula is C21H23FN4O3S. The Morgan fingerprint density at radius 2 is 1.83 bits per heavy atom. The van der Waals surface area contributed by atoms with E-state index in [9.17, 15) is 17.6 Å². The zero-order chi connectivity index (χ0) is 21.9. The summed E-state index contributed by atoms with van der Waals surface area (Å²) in [5.41, 5.74) is 1.12. The number of aromatic nitrogens is 2. The van der Waals surface area contributed by atoms with Gasteiger partial charge in [-0.3, -0.25) is 14.2 Å². The smallest absolute Gasteiger partial charge is 0.261 e. The Hall–Kier alpha value is -3.20. The molecule has 7 nitrogen and oxygen atoms in total. The molecule has 3 aromatic rings. The van der Waals surface area contributed by atoms with E-state index in [0.29, 0.717) is 12.1 Å². The van der Waals surface area contributed by atoms with Crippen LogP contribution in [0.5, 0.6) is 0 Å². The van der Waals surface area contributed by atoms with E-state index in [1.165, 1.54) is 48.5 Å². The Morgan fingerprint density at radius 1 is 1.17 bits per heavy atom. The Labute approximate surface area is 175 Å². The molecule has 0 fully saturated rings. The fourth-order valence-corrected chi connectivity index (χ4v) is 4.00. The fraction of sp³-hybridized carbons (Fsp3) is 0.238. The van der Waals surface area contributed by atoms with Gasteiger partial charge in [-0.05, 0) is 50.2 Å². The highest BCUT2D eigenvalue weighted by molar-refractivity contribution is 7.92. The summed E-state index contributed by atoms with van der Waals surface area (Å²) in [5, 5.41) is 4.12. The number of carbonyl (C=O) groups excluding carboxylic acids is 1. The molecule has 0 unspecified atom stereocenters. The quantitative estimate of drug-likeness (QED) is 0.623. The molecule has 0 atom stereocenters. The summed E-state index contributed by atoms with van der Waals surface area (Å²) in [5.74, 6) is -0.893. The number of para-hydroxylation sites is 1. The molecule has 0 aliphatic carbocycles. The number of nitrogens with one attached hydrogen (secondary N) is 1. The van der Waals surface area contributed by atoms with Crippen molar-refractivity contribution in [2.75, 3.05) is 4.72 Å². The van der Waals surface area contributed by atoms with Gasteiger partial charge < -0.3 is 4.90 Å². The molecule has 0 aliphatic rings. The molecule has 0 bridgehead atoms. The average Bonchev–Trinajstić information content (AvgIpc) is 3.12. The van der Waals surface area contributed by atoms with Crippen molar-refractivity contribution in [3.8, 4) is 0 Å². The van der Waals surface area contributed by atoms with Gasteiger partial charge in [0.1, 0.15) is 5.82 Å². The number of rotatable bonds is 7. The average molecular weight is 431 g/mol. The number of halogens is 1. The first kappa shape index (κ1) is 21.5. The van der Waals surface area contributed by atoms with Crippen LogP contribution in [0.4, 0.5) is 10.1 Å². The van der Waals surface area contributed by atoms with Crippen LogP contribution < -0.4 is 4.72 Å². The molecule has 0 saturated carbocycles. The molecule has 2 aromatic carbocycles. The van der Waals surface area contributed by atoms with Crippen LogP contribution in [0.2, 0.25) is 0 Å². The van der Waals surface area contributed by atoms with Gasteiger partial charge in [0.25, 0.3) is 15.9 Å². The zero-order valence-electron chi connectivity index (χ0n) is 16.9. The Morgan fingerprint density at radius 3 is 2.40 bits per heavy atom. The summed E-state index contributed by atoms with van der Waals surface area (Å²) in [7, 11) is -2.18. The van der Waals surface area contributed by atoms with E-state index < -0.39 is 15.8 Å². The number of hydrogen-bond acceptors (Lipinski definition) is 4. The summed E-state index contributed by atoms with van der Waals surface area (Å²) in [6.45, 7) is 4.20. The number of anilines is 1. The van der Waals surface area contributed by atoms with Crippen LogP contribution in [0, 0.1) is 5.82 Å². The number of hydrogen-bond donors (Lipinski definition) is 1. The lowest BCUT2D eigenvalue weighted by Gasteiger charge is -2.26. The Balaban J connectivity index is 1.79. The van der Waals surface area contributed by atoms with Gasteiger partial charge in [0.15, 0.2) is 0 Å². The van der Waals surface area contributed by atoms with E-state index in [1.807, 2.05) is 20.0 Å². The first-order chi connectivity index (χ1) is 14.2. The summed E-state index contributed by atoms with van der Waals surface area (Å²) in [6, 6.07) is 11.0. The lowest BCUT2D eigenvalue weighted by Crippen LogP contribution is -2.36. The number of nitrogens with zero attached hydrogens (tertiary/aromatic N) is 3. The van der Waals surface area contributed by atoms with Crippen molar-refractivity contribution in [1.82, 2.24) is 14.7 Å². The molecular weight excluding hydrogens is 407 g/mol. The van der Waals surface area contributed by atoms with E-state index in [-0.39, 0.29) is 22.5 Å². The first-order valence-corrected chi connectivity index (χ1v) is 10.8. The number of amides is 1. The summed E-state index contributed by atoms with van der Waals surface area (Å²) in [6.07, 6.45) is 3.54. The monoisotopic (exact) mass is 430 g/mol. The van der Waals surface area contributed by atoms with Crippen molar-refractivity contribution in [3.05, 3.63) is 77.9 Å². The topological polar surface area (TPSA) is 84.3 Å². The first-order valence-electron chi connectivity index (χ1n) is 9.33. The molecule has 0 aliphatic heterocycles. The molecule has 1 N–H and O–H groups in total. The predicted octanol–water partition coefficient (Wildman–Crippen LogP) is 3.41. The maximum absolute atomic E-state index is 13.8. The third kappa shape index (κ3) is 4.85. The van der Waals surface area contributed by atoms with Gasteiger partial charge in [0, 0.05) is 37.0 Å². The third-order valence-electron chi connectivity index (χ3n) is 4.53. The van der Waals surface area contributed by atoms with Gasteiger partial charge in [0.2, 0.25) is 0 Å². The molecule has 9 heteroatoms. The Bertz CT molecular complexity index is 1140. The van der Waals surface area contributed by atoms with Crippen LogP contribution in [0.15, 0.2) is 65.8 Å². The molecule has 158 valence electrons. The number of sulfonamides is 1. The minimum absolute atomic E-state index is 0.0642. The largest absolute Gasteiger partial charge is 0.332 e. The SMILES string of the molecule is CC(C)N(Cc1cnn(C)c1)C(=O)c1ccc(S(=O)(=O)Nc2ccccc2F)cc1. The van der Waals surface area contributed by atoms with Gasteiger partial charge in [-0.25, -0.2) is 12.8 Å². The van der Waals surface area contributed by atoms with Gasteiger partial charge in [-0.15, -0.1) is 0 Å². The van der Waals surface area contributed by atoms with E-state index in [1.54, 1.807) is 22.8 Å². The summed E-state index contributed by atoms with van der Waals surface area (Å²) < 4.78 is 42.7. The maximum Gasteiger partial charge on any atom is 0.261 e. The molecule has 1 heterocycles. The van der Waals surface area contributed by atoms with Crippen LogP contribution in [-0.2, 0) is 23.6 Å². The van der Waals surface area contributed by atoms with Gasteiger partial charge in [-0.2, -0.15) is 5.10 Å². The second-order valence-electron chi connectivity index (χ2n) is 7.16. The highest BCUT2D eigenvalue weighted by atomic mass is 32.2. The van der Waals surface area contributed by atoms with Crippen molar-refractivity contribution in [1.29, 1.82) is 0 Å². The van der Waals surface area contributed by atoms with Crippen LogP contribution in [0.1, 0.15) is 29.8 Å². The molecule has 1 amide bonds. The van der Waals surface area contributed by atoms with Crippen LogP contribution in [0.3, 0.4) is 0 Å². The summed E-state index contributed by atoms with van der Waals surface area (Å²) >= 11 is 0. The molecule has 30 heavy (non-hydrogen) atoms. The zero-order valence-corrected chi connectivity index (χ0v) is 17.7. The van der Waals surface area contributed by atoms with E-state index in [4.69, 9.17) is 0 Å². The van der Waals surface area contributed by atoms with E-state index >= 15 is 0 Å². The highest BCUT2D eigenvalue weighted by Gasteiger charge is 2.21. The number of carbonyl (C=O) groups is 1. The highest BCUT2D eigenvalue weighted by Crippen LogP contribution is 2.20. The second-order valence-corrected chi connectivity index (χ2v) is 8.84. The molecule has 3 rings (SSSR count). The van der Waals surface area contributed by atoms with Crippen LogP contribution in [0.25, 0.3) is 0 Å².